The van der Waals surface area contributed by atoms with Crippen molar-refractivity contribution in [1.82, 2.24) is 29.7 Å². The SMILES string of the molecule is C=C(OCC)c1ccc2c(NC(=O)[C@H]3CCN(C(=O)c4cc(-c5cc(OC)ncc5F)[nH]n4)C4(CC4)C3)cnn2c1. The van der Waals surface area contributed by atoms with Crippen LogP contribution in [0.5, 0.6) is 5.88 Å². The molecule has 1 atom stereocenters. The minimum Gasteiger partial charge on any atom is -0.494 e. The van der Waals surface area contributed by atoms with Crippen LogP contribution in [0.25, 0.3) is 22.5 Å². The highest BCUT2D eigenvalue weighted by atomic mass is 19.1. The van der Waals surface area contributed by atoms with Crippen LogP contribution in [0.1, 0.15) is 48.7 Å². The average Bonchev–Trinajstić information content (AvgIpc) is 3.38. The summed E-state index contributed by atoms with van der Waals surface area (Å²) in [6, 6.07) is 6.74. The molecule has 41 heavy (non-hydrogen) atoms. The fourth-order valence-corrected chi connectivity index (χ4v) is 5.53. The number of halogens is 1. The van der Waals surface area contributed by atoms with Gasteiger partial charge in [0.15, 0.2) is 11.5 Å². The number of anilines is 1. The van der Waals surface area contributed by atoms with Gasteiger partial charge in [-0.05, 0) is 50.8 Å². The molecule has 5 heterocycles. The molecular weight excluding hydrogens is 529 g/mol. The van der Waals surface area contributed by atoms with Gasteiger partial charge in [-0.2, -0.15) is 10.2 Å². The Morgan fingerprint density at radius 2 is 2.10 bits per heavy atom. The second-order valence-corrected chi connectivity index (χ2v) is 10.4. The number of aromatic nitrogens is 5. The third-order valence-electron chi connectivity index (χ3n) is 7.88. The summed E-state index contributed by atoms with van der Waals surface area (Å²) in [6.07, 6.45) is 7.22. The summed E-state index contributed by atoms with van der Waals surface area (Å²) in [6.45, 7) is 6.77. The zero-order valence-corrected chi connectivity index (χ0v) is 22.8. The van der Waals surface area contributed by atoms with Crippen molar-refractivity contribution >= 4 is 28.8 Å². The lowest BCUT2D eigenvalue weighted by molar-refractivity contribution is -0.122. The van der Waals surface area contributed by atoms with Gasteiger partial charge >= 0.3 is 0 Å². The fraction of sp³-hybridized carbons (Fsp3) is 0.345. The van der Waals surface area contributed by atoms with Crippen LogP contribution in [0, 0.1) is 11.7 Å². The molecule has 2 aliphatic rings. The lowest BCUT2D eigenvalue weighted by atomic mass is 9.88. The molecule has 1 spiro atoms. The number of carbonyl (C=O) groups excluding carboxylic acids is 2. The molecular formula is C29H30FN7O4. The van der Waals surface area contributed by atoms with E-state index in [4.69, 9.17) is 9.47 Å². The highest BCUT2D eigenvalue weighted by molar-refractivity contribution is 5.97. The van der Waals surface area contributed by atoms with Crippen LogP contribution in [-0.2, 0) is 9.53 Å². The van der Waals surface area contributed by atoms with E-state index in [0.29, 0.717) is 43.1 Å². The third kappa shape index (κ3) is 4.90. The maximum atomic E-state index is 14.4. The van der Waals surface area contributed by atoms with Crippen molar-refractivity contribution in [3.8, 4) is 17.1 Å². The maximum Gasteiger partial charge on any atom is 0.274 e. The molecule has 1 saturated carbocycles. The quantitative estimate of drug-likeness (QED) is 0.308. The number of hydrogen-bond donors (Lipinski definition) is 2. The number of carbonyl (C=O) groups is 2. The summed E-state index contributed by atoms with van der Waals surface area (Å²) in [7, 11) is 1.44. The van der Waals surface area contributed by atoms with Crippen molar-refractivity contribution in [1.29, 1.82) is 0 Å². The first-order chi connectivity index (χ1) is 19.8. The Hall–Kier alpha value is -4.74. The highest BCUT2D eigenvalue weighted by Crippen LogP contribution is 2.50. The van der Waals surface area contributed by atoms with Crippen LogP contribution in [0.15, 0.2) is 49.4 Å². The molecule has 0 radical (unpaired) electrons. The second-order valence-electron chi connectivity index (χ2n) is 10.4. The molecule has 1 aliphatic heterocycles. The van der Waals surface area contributed by atoms with E-state index < -0.39 is 5.82 Å². The molecule has 2 amide bonds. The lowest BCUT2D eigenvalue weighted by Gasteiger charge is -2.39. The summed E-state index contributed by atoms with van der Waals surface area (Å²) < 4.78 is 26.6. The molecule has 0 aromatic carbocycles. The van der Waals surface area contributed by atoms with Gasteiger partial charge in [0.25, 0.3) is 5.91 Å². The number of fused-ring (bicyclic) bond motifs is 1. The van der Waals surface area contributed by atoms with Gasteiger partial charge in [0.1, 0.15) is 5.76 Å². The van der Waals surface area contributed by atoms with E-state index >= 15 is 0 Å². The van der Waals surface area contributed by atoms with Crippen LogP contribution < -0.4 is 10.1 Å². The Balaban J connectivity index is 1.13. The van der Waals surface area contributed by atoms with Gasteiger partial charge < -0.3 is 19.7 Å². The summed E-state index contributed by atoms with van der Waals surface area (Å²) in [5.74, 6) is -0.323. The molecule has 1 saturated heterocycles. The van der Waals surface area contributed by atoms with Crippen molar-refractivity contribution < 1.29 is 23.5 Å². The molecule has 6 rings (SSSR count). The van der Waals surface area contributed by atoms with Crippen molar-refractivity contribution in [3.63, 3.8) is 0 Å². The average molecular weight is 560 g/mol. The number of ether oxygens (including phenoxy) is 2. The molecule has 2 N–H and O–H groups in total. The molecule has 212 valence electrons. The summed E-state index contributed by atoms with van der Waals surface area (Å²) in [5, 5.41) is 14.3. The molecule has 4 aromatic rings. The van der Waals surface area contributed by atoms with E-state index in [1.807, 2.05) is 30.2 Å². The van der Waals surface area contributed by atoms with Gasteiger partial charge in [0.2, 0.25) is 11.8 Å². The van der Waals surface area contributed by atoms with E-state index in [1.54, 1.807) is 10.7 Å². The number of pyridine rings is 2. The maximum absolute atomic E-state index is 14.4. The Bertz CT molecular complexity index is 1660. The number of nitrogens with one attached hydrogen (secondary N) is 2. The van der Waals surface area contributed by atoms with E-state index in [1.165, 1.54) is 19.2 Å². The van der Waals surface area contributed by atoms with E-state index in [2.05, 4.69) is 32.2 Å². The monoisotopic (exact) mass is 559 g/mol. The van der Waals surface area contributed by atoms with Gasteiger partial charge in [-0.25, -0.2) is 13.9 Å². The van der Waals surface area contributed by atoms with Crippen LogP contribution in [0.2, 0.25) is 0 Å². The first-order valence-corrected chi connectivity index (χ1v) is 13.5. The number of hydrogen-bond acceptors (Lipinski definition) is 7. The molecule has 2 fully saturated rings. The molecule has 11 nitrogen and oxygen atoms in total. The van der Waals surface area contributed by atoms with Crippen molar-refractivity contribution in [2.45, 2.75) is 38.1 Å². The Morgan fingerprint density at radius 3 is 2.85 bits per heavy atom. The minimum absolute atomic E-state index is 0.0924. The molecule has 12 heteroatoms. The first-order valence-electron chi connectivity index (χ1n) is 13.5. The first kappa shape index (κ1) is 26.5. The van der Waals surface area contributed by atoms with Crippen LogP contribution in [-0.4, -0.2) is 67.3 Å². The van der Waals surface area contributed by atoms with Crippen molar-refractivity contribution in [2.75, 3.05) is 25.6 Å². The second kappa shape index (κ2) is 10.3. The third-order valence-corrected chi connectivity index (χ3v) is 7.88. The van der Waals surface area contributed by atoms with Gasteiger partial charge in [0, 0.05) is 41.4 Å². The van der Waals surface area contributed by atoms with Crippen LogP contribution in [0.3, 0.4) is 0 Å². The number of rotatable bonds is 8. The molecule has 0 bridgehead atoms. The van der Waals surface area contributed by atoms with E-state index in [0.717, 1.165) is 30.1 Å². The Labute approximate surface area is 235 Å². The molecule has 1 aliphatic carbocycles. The van der Waals surface area contributed by atoms with Crippen LogP contribution >= 0.6 is 0 Å². The molecule has 0 unspecified atom stereocenters. The Kier molecular flexibility index (Phi) is 6.68. The number of likely N-dealkylation sites (tertiary alicyclic amines) is 1. The predicted octanol–water partition coefficient (Wildman–Crippen LogP) is 4.30. The number of amides is 2. The number of H-pyrrole nitrogens is 1. The topological polar surface area (TPSA) is 127 Å². The number of piperidine rings is 1. The summed E-state index contributed by atoms with van der Waals surface area (Å²) in [4.78, 5) is 32.5. The van der Waals surface area contributed by atoms with Crippen molar-refractivity contribution in [2.24, 2.45) is 5.92 Å². The van der Waals surface area contributed by atoms with Gasteiger partial charge in [-0.3, -0.25) is 14.7 Å². The van der Waals surface area contributed by atoms with Gasteiger partial charge in [0.05, 0.1) is 43.0 Å². The zero-order chi connectivity index (χ0) is 28.7. The number of methoxy groups -OCH3 is 1. The van der Waals surface area contributed by atoms with Gasteiger partial charge in [-0.1, -0.05) is 6.58 Å². The van der Waals surface area contributed by atoms with E-state index in [-0.39, 0.29) is 40.4 Å². The molecule has 4 aromatic heterocycles. The summed E-state index contributed by atoms with van der Waals surface area (Å²) in [5.41, 5.74) is 2.58. The largest absolute Gasteiger partial charge is 0.494 e. The normalized spacial score (nSPS) is 17.4. The smallest absolute Gasteiger partial charge is 0.274 e. The van der Waals surface area contributed by atoms with Gasteiger partial charge in [-0.15, -0.1) is 0 Å². The van der Waals surface area contributed by atoms with E-state index in [9.17, 15) is 14.0 Å². The minimum atomic E-state index is -0.554. The van der Waals surface area contributed by atoms with Crippen molar-refractivity contribution in [3.05, 3.63) is 66.5 Å². The summed E-state index contributed by atoms with van der Waals surface area (Å²) >= 11 is 0. The zero-order valence-electron chi connectivity index (χ0n) is 22.8. The highest BCUT2D eigenvalue weighted by Gasteiger charge is 2.54. The van der Waals surface area contributed by atoms with Crippen LogP contribution in [0.4, 0.5) is 10.1 Å². The fourth-order valence-electron chi connectivity index (χ4n) is 5.53. The predicted molar refractivity (Wildman–Crippen MR) is 149 cm³/mol. The number of aromatic amines is 1. The standard InChI is InChI=1S/C29H30FN7O4/c1-4-41-17(2)19-5-6-25-24(15-32-37(25)16-19)33-27(38)18-7-10-36(29(13-18)8-9-29)28(39)23-12-22(34-35-23)20-11-26(40-3)31-14-21(20)30/h5-6,11-12,14-16,18H,2,4,7-10,13H2,1,3H3,(H,33,38)(H,34,35)/t18-/m0/s1. The number of nitrogens with zero attached hydrogens (tertiary/aromatic N) is 5. The Morgan fingerprint density at radius 1 is 1.27 bits per heavy atom. The lowest BCUT2D eigenvalue weighted by Crippen LogP contribution is -2.50.